The highest BCUT2D eigenvalue weighted by Crippen LogP contribution is 2.12. The molecule has 0 saturated heterocycles. The predicted molar refractivity (Wildman–Crippen MR) is 64.3 cm³/mol. The van der Waals surface area contributed by atoms with Crippen molar-refractivity contribution in [2.24, 2.45) is 0 Å². The highest BCUT2D eigenvalue weighted by atomic mass is 35.5. The number of aliphatic carboxylic acids is 1. The minimum atomic E-state index is -0.966. The minimum Gasteiger partial charge on any atom is -0.481 e. The number of carbonyl (C=O) groups is 1. The zero-order valence-corrected chi connectivity index (χ0v) is 10.2. The smallest absolute Gasteiger partial charge is 0.309 e. The molecule has 0 fully saturated rings. The summed E-state index contributed by atoms with van der Waals surface area (Å²) in [6, 6.07) is 3.35. The summed E-state index contributed by atoms with van der Waals surface area (Å²) in [6.07, 6.45) is 2.88. The fourth-order valence-electron chi connectivity index (χ4n) is 1.64. The molecule has 96 valence electrons. The van der Waals surface area contributed by atoms with Gasteiger partial charge in [0.2, 0.25) is 0 Å². The van der Waals surface area contributed by atoms with Crippen LogP contribution in [0.1, 0.15) is 5.69 Å². The molecular weight excluding hydrogens is 272 g/mol. The third kappa shape index (κ3) is 2.13. The molecular formula is C10H7ClN6O2. The lowest BCUT2D eigenvalue weighted by Gasteiger charge is -1.99. The molecule has 0 atom stereocenters. The number of imidazole rings is 1. The largest absolute Gasteiger partial charge is 0.481 e. The lowest BCUT2D eigenvalue weighted by Crippen LogP contribution is -2.02. The molecule has 3 rings (SSSR count). The average Bonchev–Trinajstić information content (AvgIpc) is 2.94. The fourth-order valence-corrected chi connectivity index (χ4v) is 1.78. The van der Waals surface area contributed by atoms with Gasteiger partial charge in [0.05, 0.1) is 24.5 Å². The van der Waals surface area contributed by atoms with Gasteiger partial charge in [-0.25, -0.2) is 9.67 Å². The Morgan fingerprint density at radius 3 is 3.05 bits per heavy atom. The van der Waals surface area contributed by atoms with Crippen molar-refractivity contribution >= 4 is 23.2 Å². The number of hydrogen-bond donors (Lipinski definition) is 1. The number of halogens is 1. The van der Waals surface area contributed by atoms with Crippen molar-refractivity contribution in [2.75, 3.05) is 0 Å². The van der Waals surface area contributed by atoms with E-state index in [9.17, 15) is 4.79 Å². The number of rotatable bonds is 3. The van der Waals surface area contributed by atoms with Gasteiger partial charge in [-0.3, -0.25) is 4.79 Å². The Morgan fingerprint density at radius 1 is 1.42 bits per heavy atom. The van der Waals surface area contributed by atoms with E-state index in [1.807, 2.05) is 0 Å². The minimum absolute atomic E-state index is 0.190. The van der Waals surface area contributed by atoms with E-state index in [2.05, 4.69) is 20.4 Å². The molecule has 8 nitrogen and oxygen atoms in total. The Kier molecular flexibility index (Phi) is 2.64. The zero-order valence-electron chi connectivity index (χ0n) is 9.43. The standard InChI is InChI=1S/C10H7ClN6O2/c11-7-1-2-8-12-4-9(17(8)14-7)16-5-6(13-15-16)3-10(18)19/h1-2,4-5H,3H2,(H,18,19). The van der Waals surface area contributed by atoms with Crippen molar-refractivity contribution in [3.8, 4) is 5.82 Å². The molecule has 0 saturated carbocycles. The van der Waals surface area contributed by atoms with Crippen LogP contribution in [0.5, 0.6) is 0 Å². The first-order valence-corrected chi connectivity index (χ1v) is 5.65. The van der Waals surface area contributed by atoms with Crippen LogP contribution in [0, 0.1) is 0 Å². The fraction of sp³-hybridized carbons (Fsp3) is 0.100. The normalized spacial score (nSPS) is 11.0. The lowest BCUT2D eigenvalue weighted by atomic mass is 10.3. The molecule has 0 aromatic carbocycles. The van der Waals surface area contributed by atoms with Crippen LogP contribution in [0.25, 0.3) is 11.5 Å². The Hall–Kier alpha value is -2.48. The van der Waals surface area contributed by atoms with E-state index in [4.69, 9.17) is 16.7 Å². The second-order valence-electron chi connectivity index (χ2n) is 3.77. The highest BCUT2D eigenvalue weighted by Gasteiger charge is 2.11. The third-order valence-electron chi connectivity index (χ3n) is 2.42. The summed E-state index contributed by atoms with van der Waals surface area (Å²) in [5.74, 6) is -0.437. The van der Waals surface area contributed by atoms with Crippen molar-refractivity contribution in [1.82, 2.24) is 29.6 Å². The second-order valence-corrected chi connectivity index (χ2v) is 4.15. The number of fused-ring (bicyclic) bond motifs is 1. The monoisotopic (exact) mass is 278 g/mol. The van der Waals surface area contributed by atoms with Crippen LogP contribution in [0.15, 0.2) is 24.5 Å². The molecule has 9 heteroatoms. The van der Waals surface area contributed by atoms with Crippen molar-refractivity contribution in [2.45, 2.75) is 6.42 Å². The van der Waals surface area contributed by atoms with Crippen LogP contribution >= 0.6 is 11.6 Å². The van der Waals surface area contributed by atoms with Gasteiger partial charge < -0.3 is 5.11 Å². The van der Waals surface area contributed by atoms with Crippen LogP contribution in [-0.4, -0.2) is 40.7 Å². The summed E-state index contributed by atoms with van der Waals surface area (Å²) in [6.45, 7) is 0. The molecule has 0 unspecified atom stereocenters. The summed E-state index contributed by atoms with van der Waals surface area (Å²) in [5, 5.41) is 20.7. The third-order valence-corrected chi connectivity index (χ3v) is 2.62. The zero-order chi connectivity index (χ0) is 13.4. The summed E-state index contributed by atoms with van der Waals surface area (Å²) < 4.78 is 2.91. The number of carboxylic acids is 1. The van der Waals surface area contributed by atoms with Crippen molar-refractivity contribution < 1.29 is 9.90 Å². The molecule has 3 aromatic rings. The Morgan fingerprint density at radius 2 is 2.26 bits per heavy atom. The van der Waals surface area contributed by atoms with E-state index in [0.717, 1.165) is 0 Å². The first-order chi connectivity index (χ1) is 9.13. The topological polar surface area (TPSA) is 98.2 Å². The van der Waals surface area contributed by atoms with E-state index in [1.165, 1.54) is 15.4 Å². The number of carboxylic acid groups (broad SMARTS) is 1. The molecule has 0 aliphatic carbocycles. The van der Waals surface area contributed by atoms with Gasteiger partial charge in [0.25, 0.3) is 0 Å². The van der Waals surface area contributed by atoms with Gasteiger partial charge in [-0.05, 0) is 12.1 Å². The van der Waals surface area contributed by atoms with Crippen LogP contribution in [0.2, 0.25) is 5.15 Å². The van der Waals surface area contributed by atoms with Crippen molar-refractivity contribution in [1.29, 1.82) is 0 Å². The van der Waals surface area contributed by atoms with E-state index < -0.39 is 5.97 Å². The first-order valence-electron chi connectivity index (χ1n) is 5.27. The molecule has 3 heterocycles. The number of aromatic nitrogens is 6. The van der Waals surface area contributed by atoms with Gasteiger partial charge in [-0.15, -0.1) is 5.10 Å². The molecule has 0 aliphatic heterocycles. The molecule has 0 amide bonds. The van der Waals surface area contributed by atoms with Crippen molar-refractivity contribution in [3.05, 3.63) is 35.4 Å². The second kappa shape index (κ2) is 4.32. The Bertz CT molecular complexity index is 764. The molecule has 0 aliphatic rings. The Balaban J connectivity index is 2.06. The first kappa shape index (κ1) is 11.6. The predicted octanol–water partition coefficient (Wildman–Crippen LogP) is 0.590. The van der Waals surface area contributed by atoms with E-state index in [-0.39, 0.29) is 6.42 Å². The van der Waals surface area contributed by atoms with Gasteiger partial charge in [0.15, 0.2) is 11.5 Å². The van der Waals surface area contributed by atoms with Gasteiger partial charge in [0, 0.05) is 0 Å². The van der Waals surface area contributed by atoms with Gasteiger partial charge in [-0.2, -0.15) is 9.61 Å². The van der Waals surface area contributed by atoms with E-state index in [0.29, 0.717) is 22.3 Å². The molecule has 19 heavy (non-hydrogen) atoms. The van der Waals surface area contributed by atoms with E-state index >= 15 is 0 Å². The molecule has 3 aromatic heterocycles. The summed E-state index contributed by atoms with van der Waals surface area (Å²) in [5.41, 5.74) is 0.958. The highest BCUT2D eigenvalue weighted by molar-refractivity contribution is 6.29. The lowest BCUT2D eigenvalue weighted by molar-refractivity contribution is -0.136. The molecule has 0 bridgehead atoms. The molecule has 0 spiro atoms. The SMILES string of the molecule is O=C(O)Cc1cn(-c2cnc3ccc(Cl)nn23)nn1. The van der Waals surface area contributed by atoms with E-state index in [1.54, 1.807) is 18.3 Å². The maximum atomic E-state index is 10.6. The maximum Gasteiger partial charge on any atom is 0.309 e. The van der Waals surface area contributed by atoms with Crippen LogP contribution in [0.4, 0.5) is 0 Å². The average molecular weight is 279 g/mol. The van der Waals surface area contributed by atoms with Crippen LogP contribution in [-0.2, 0) is 11.2 Å². The van der Waals surface area contributed by atoms with Crippen LogP contribution < -0.4 is 0 Å². The summed E-state index contributed by atoms with van der Waals surface area (Å²) in [4.78, 5) is 14.7. The summed E-state index contributed by atoms with van der Waals surface area (Å²) in [7, 11) is 0. The number of nitrogens with zero attached hydrogens (tertiary/aromatic N) is 6. The van der Waals surface area contributed by atoms with Gasteiger partial charge in [0.1, 0.15) is 5.15 Å². The van der Waals surface area contributed by atoms with Gasteiger partial charge >= 0.3 is 5.97 Å². The quantitative estimate of drug-likeness (QED) is 0.753. The maximum absolute atomic E-state index is 10.6. The molecule has 0 radical (unpaired) electrons. The molecule has 1 N–H and O–H groups in total. The summed E-state index contributed by atoms with van der Waals surface area (Å²) >= 11 is 5.83. The Labute approximate surface area is 111 Å². The van der Waals surface area contributed by atoms with Gasteiger partial charge in [-0.1, -0.05) is 16.8 Å². The number of hydrogen-bond acceptors (Lipinski definition) is 5. The van der Waals surface area contributed by atoms with Crippen molar-refractivity contribution in [3.63, 3.8) is 0 Å². The van der Waals surface area contributed by atoms with Crippen LogP contribution in [0.3, 0.4) is 0 Å².